The molecule has 5 nitrogen and oxygen atoms in total. The molecule has 0 atom stereocenters. The summed E-state index contributed by atoms with van der Waals surface area (Å²) in [5, 5.41) is 0. The van der Waals surface area contributed by atoms with Gasteiger partial charge in [0.05, 0.1) is 28.1 Å². The predicted octanol–water partition coefficient (Wildman–Crippen LogP) is 5.72. The largest absolute Gasteiger partial charge is 0.298 e. The van der Waals surface area contributed by atoms with Crippen LogP contribution in [0.15, 0.2) is 109 Å². The third-order valence-electron chi connectivity index (χ3n) is 5.12. The van der Waals surface area contributed by atoms with Gasteiger partial charge in [0, 0.05) is 16.7 Å². The normalized spacial score (nSPS) is 10.6. The van der Waals surface area contributed by atoms with Crippen LogP contribution in [0.5, 0.6) is 0 Å². The second-order valence-corrected chi connectivity index (χ2v) is 7.30. The number of para-hydroxylation sites is 1. The number of nitrogens with zero attached hydrogens (tertiary/aromatic N) is 2. The van der Waals surface area contributed by atoms with E-state index in [2.05, 4.69) is 10.9 Å². The van der Waals surface area contributed by atoms with E-state index in [-0.39, 0.29) is 5.91 Å². The van der Waals surface area contributed by atoms with Crippen molar-refractivity contribution >= 4 is 22.6 Å². The minimum atomic E-state index is -0.244. The fraction of sp³-hybridized carbons (Fsp3) is 0. The zero-order chi connectivity index (χ0) is 21.8. The van der Waals surface area contributed by atoms with E-state index in [1.165, 1.54) is 0 Å². The predicted molar refractivity (Wildman–Crippen MR) is 128 cm³/mol. The van der Waals surface area contributed by atoms with Crippen LogP contribution >= 0.6 is 0 Å². The zero-order valence-electron chi connectivity index (χ0n) is 17.2. The lowest BCUT2D eigenvalue weighted by Gasteiger charge is -2.12. The number of carbonyl (C=O) groups is 1. The first kappa shape index (κ1) is 19.5. The average Bonchev–Trinajstić information content (AvgIpc) is 2.88. The highest BCUT2D eigenvalue weighted by Crippen LogP contribution is 2.31. The van der Waals surface area contributed by atoms with E-state index < -0.39 is 0 Å². The van der Waals surface area contributed by atoms with Crippen LogP contribution in [0.4, 0.5) is 5.69 Å². The van der Waals surface area contributed by atoms with Crippen LogP contribution < -0.4 is 10.9 Å². The maximum Gasteiger partial charge on any atom is 0.269 e. The highest BCUT2D eigenvalue weighted by molar-refractivity contribution is 5.98. The lowest BCUT2D eigenvalue weighted by molar-refractivity contribution is 0.0963. The van der Waals surface area contributed by atoms with Gasteiger partial charge in [0.15, 0.2) is 0 Å². The van der Waals surface area contributed by atoms with Crippen molar-refractivity contribution in [1.82, 2.24) is 15.4 Å². The van der Waals surface area contributed by atoms with E-state index in [1.807, 2.05) is 97.1 Å². The van der Waals surface area contributed by atoms with Crippen LogP contribution in [0, 0.1) is 0 Å². The number of aromatic nitrogens is 2. The van der Waals surface area contributed by atoms with E-state index >= 15 is 0 Å². The van der Waals surface area contributed by atoms with Crippen LogP contribution in [0.2, 0.25) is 0 Å². The molecule has 0 bridgehead atoms. The summed E-state index contributed by atoms with van der Waals surface area (Å²) in [6.07, 6.45) is 0. The minimum absolute atomic E-state index is 0.244. The first-order chi connectivity index (χ1) is 15.8. The Kier molecular flexibility index (Phi) is 5.29. The number of hydrogen-bond donors (Lipinski definition) is 2. The van der Waals surface area contributed by atoms with Gasteiger partial charge in [-0.3, -0.25) is 15.6 Å². The molecular weight excluding hydrogens is 396 g/mol. The van der Waals surface area contributed by atoms with Crippen molar-refractivity contribution in [3.8, 4) is 22.5 Å². The molecule has 0 aliphatic rings. The summed E-state index contributed by atoms with van der Waals surface area (Å²) >= 11 is 0. The molecule has 0 saturated heterocycles. The summed E-state index contributed by atoms with van der Waals surface area (Å²) in [4.78, 5) is 22.5. The third kappa shape index (κ3) is 4.04. The lowest BCUT2D eigenvalue weighted by Crippen LogP contribution is -2.29. The van der Waals surface area contributed by atoms with Crippen molar-refractivity contribution in [3.63, 3.8) is 0 Å². The fourth-order valence-electron chi connectivity index (χ4n) is 3.51. The molecule has 154 valence electrons. The summed E-state index contributed by atoms with van der Waals surface area (Å²) in [5.41, 5.74) is 11.9. The van der Waals surface area contributed by atoms with Crippen LogP contribution in [0.1, 0.15) is 10.4 Å². The third-order valence-corrected chi connectivity index (χ3v) is 5.12. The minimum Gasteiger partial charge on any atom is -0.298 e. The van der Waals surface area contributed by atoms with E-state index in [1.54, 1.807) is 12.1 Å². The number of fused-ring (bicyclic) bond motifs is 1. The van der Waals surface area contributed by atoms with Gasteiger partial charge in [-0.25, -0.2) is 9.97 Å². The lowest BCUT2D eigenvalue weighted by atomic mass is 10.0. The smallest absolute Gasteiger partial charge is 0.269 e. The van der Waals surface area contributed by atoms with E-state index in [4.69, 9.17) is 9.97 Å². The van der Waals surface area contributed by atoms with E-state index in [0.717, 1.165) is 33.7 Å². The zero-order valence-corrected chi connectivity index (χ0v) is 17.2. The Morgan fingerprint density at radius 1 is 0.594 bits per heavy atom. The SMILES string of the molecule is O=C(NNc1ccccc1)c1ccc2nc(-c3ccccc3)c(-c3ccccc3)nc2c1. The van der Waals surface area contributed by atoms with Gasteiger partial charge in [0.1, 0.15) is 0 Å². The second-order valence-electron chi connectivity index (χ2n) is 7.30. The van der Waals surface area contributed by atoms with Crippen LogP contribution in [0.25, 0.3) is 33.5 Å². The summed E-state index contributed by atoms with van der Waals surface area (Å²) in [7, 11) is 0. The number of nitrogens with one attached hydrogen (secondary N) is 2. The van der Waals surface area contributed by atoms with Gasteiger partial charge in [0.2, 0.25) is 0 Å². The first-order valence-corrected chi connectivity index (χ1v) is 10.3. The Morgan fingerprint density at radius 2 is 1.12 bits per heavy atom. The molecule has 4 aromatic carbocycles. The molecule has 0 aliphatic heterocycles. The Balaban J connectivity index is 1.54. The highest BCUT2D eigenvalue weighted by Gasteiger charge is 2.14. The van der Waals surface area contributed by atoms with Gasteiger partial charge in [-0.2, -0.15) is 0 Å². The molecule has 0 aliphatic carbocycles. The molecule has 0 spiro atoms. The van der Waals surface area contributed by atoms with Crippen LogP contribution in [-0.4, -0.2) is 15.9 Å². The Bertz CT molecular complexity index is 1370. The number of hydrazine groups is 1. The summed E-state index contributed by atoms with van der Waals surface area (Å²) in [6, 6.07) is 34.8. The molecule has 5 aromatic rings. The van der Waals surface area contributed by atoms with Crippen molar-refractivity contribution < 1.29 is 4.79 Å². The Labute approximate surface area is 185 Å². The monoisotopic (exact) mass is 416 g/mol. The summed E-state index contributed by atoms with van der Waals surface area (Å²) < 4.78 is 0. The molecule has 0 unspecified atom stereocenters. The van der Waals surface area contributed by atoms with Crippen LogP contribution in [-0.2, 0) is 0 Å². The van der Waals surface area contributed by atoms with Gasteiger partial charge in [-0.15, -0.1) is 0 Å². The first-order valence-electron chi connectivity index (χ1n) is 10.3. The molecular formula is C27H20N4O. The molecule has 1 amide bonds. The molecule has 5 heteroatoms. The van der Waals surface area contributed by atoms with Crippen molar-refractivity contribution in [2.75, 3.05) is 5.43 Å². The number of benzene rings is 4. The second kappa shape index (κ2) is 8.70. The Hall–Kier alpha value is -4.51. The maximum atomic E-state index is 12.7. The highest BCUT2D eigenvalue weighted by atomic mass is 16.2. The van der Waals surface area contributed by atoms with Crippen LogP contribution in [0.3, 0.4) is 0 Å². The van der Waals surface area contributed by atoms with Gasteiger partial charge in [-0.1, -0.05) is 78.9 Å². The van der Waals surface area contributed by atoms with Crippen molar-refractivity contribution in [2.45, 2.75) is 0 Å². The number of anilines is 1. The molecule has 0 fully saturated rings. The molecule has 1 aromatic heterocycles. The van der Waals surface area contributed by atoms with Gasteiger partial charge in [0.25, 0.3) is 5.91 Å². The van der Waals surface area contributed by atoms with Gasteiger partial charge >= 0.3 is 0 Å². The topological polar surface area (TPSA) is 66.9 Å². The summed E-state index contributed by atoms with van der Waals surface area (Å²) in [5.74, 6) is -0.244. The van der Waals surface area contributed by atoms with E-state index in [0.29, 0.717) is 11.1 Å². The fourth-order valence-corrected chi connectivity index (χ4v) is 3.51. The number of hydrogen-bond acceptors (Lipinski definition) is 4. The maximum absolute atomic E-state index is 12.7. The Morgan fingerprint density at radius 3 is 1.72 bits per heavy atom. The van der Waals surface area contributed by atoms with Gasteiger partial charge < -0.3 is 0 Å². The quantitative estimate of drug-likeness (QED) is 0.360. The van der Waals surface area contributed by atoms with Crippen molar-refractivity contribution in [3.05, 3.63) is 115 Å². The van der Waals surface area contributed by atoms with E-state index in [9.17, 15) is 4.79 Å². The number of rotatable bonds is 5. The molecule has 0 saturated carbocycles. The molecule has 1 heterocycles. The standard InChI is InChI=1S/C27H20N4O/c32-27(31-30-22-14-8-3-9-15-22)21-16-17-23-24(18-21)29-26(20-12-6-2-7-13-20)25(28-23)19-10-4-1-5-11-19/h1-18,30H,(H,31,32). The molecule has 5 rings (SSSR count). The van der Waals surface area contributed by atoms with Crippen molar-refractivity contribution in [1.29, 1.82) is 0 Å². The van der Waals surface area contributed by atoms with Crippen molar-refractivity contribution in [2.24, 2.45) is 0 Å². The number of amides is 1. The molecule has 0 radical (unpaired) electrons. The number of carbonyl (C=O) groups excluding carboxylic acids is 1. The molecule has 32 heavy (non-hydrogen) atoms. The summed E-state index contributed by atoms with van der Waals surface area (Å²) in [6.45, 7) is 0. The van der Waals surface area contributed by atoms with Gasteiger partial charge in [-0.05, 0) is 30.3 Å². The molecule has 2 N–H and O–H groups in total. The average molecular weight is 416 g/mol.